The van der Waals surface area contributed by atoms with E-state index in [1.165, 1.54) is 0 Å². The molecule has 1 N–H and O–H groups in total. The summed E-state index contributed by atoms with van der Waals surface area (Å²) in [5.41, 5.74) is 3.15. The van der Waals surface area contributed by atoms with Crippen molar-refractivity contribution in [2.24, 2.45) is 7.05 Å². The minimum absolute atomic E-state index is 0.280. The zero-order chi connectivity index (χ0) is 15.0. The van der Waals surface area contributed by atoms with Crippen molar-refractivity contribution < 1.29 is 14.6 Å². The fourth-order valence-electron chi connectivity index (χ4n) is 2.59. The second-order valence-corrected chi connectivity index (χ2v) is 4.87. The number of hydrogen-bond donors (Lipinski definition) is 1. The number of aromatic carboxylic acids is 1. The predicted molar refractivity (Wildman–Crippen MR) is 81.9 cm³/mol. The van der Waals surface area contributed by atoms with E-state index >= 15 is 0 Å². The molecule has 0 aliphatic carbocycles. The number of methoxy groups -OCH3 is 1. The molecule has 0 fully saturated rings. The molecule has 0 atom stereocenters. The maximum Gasteiger partial charge on any atom is 0.352 e. The van der Waals surface area contributed by atoms with Crippen molar-refractivity contribution in [3.05, 3.63) is 54.2 Å². The topological polar surface area (TPSA) is 51.5 Å². The van der Waals surface area contributed by atoms with E-state index < -0.39 is 5.97 Å². The minimum atomic E-state index is -0.924. The highest BCUT2D eigenvalue weighted by Gasteiger charge is 2.13. The van der Waals surface area contributed by atoms with Gasteiger partial charge in [-0.15, -0.1) is 0 Å². The van der Waals surface area contributed by atoms with Gasteiger partial charge in [0.05, 0.1) is 7.11 Å². The SMILES string of the molecule is COc1ccccc1-c1ccc2cc(C(=O)O)n(C)c2c1. The number of ether oxygens (including phenoxy) is 1. The van der Waals surface area contributed by atoms with Gasteiger partial charge >= 0.3 is 5.97 Å². The molecule has 0 aliphatic rings. The van der Waals surface area contributed by atoms with Crippen LogP contribution in [0.1, 0.15) is 10.5 Å². The number of aromatic nitrogens is 1. The Hall–Kier alpha value is -2.75. The lowest BCUT2D eigenvalue weighted by atomic mass is 10.0. The first-order valence-corrected chi connectivity index (χ1v) is 6.58. The largest absolute Gasteiger partial charge is 0.496 e. The number of hydrogen-bond acceptors (Lipinski definition) is 2. The molecule has 0 spiro atoms. The van der Waals surface area contributed by atoms with Crippen LogP contribution in [0, 0.1) is 0 Å². The Labute approximate surface area is 122 Å². The van der Waals surface area contributed by atoms with Gasteiger partial charge in [-0.05, 0) is 23.8 Å². The van der Waals surface area contributed by atoms with Gasteiger partial charge in [-0.1, -0.05) is 30.3 Å². The summed E-state index contributed by atoms with van der Waals surface area (Å²) in [6.07, 6.45) is 0. The molecule has 0 radical (unpaired) electrons. The van der Waals surface area contributed by atoms with Gasteiger partial charge in [0.2, 0.25) is 0 Å². The summed E-state index contributed by atoms with van der Waals surface area (Å²) in [4.78, 5) is 11.2. The highest BCUT2D eigenvalue weighted by molar-refractivity contribution is 5.96. The molecule has 4 heteroatoms. The zero-order valence-corrected chi connectivity index (χ0v) is 11.8. The molecule has 1 heterocycles. The Morgan fingerprint density at radius 1 is 1.14 bits per heavy atom. The van der Waals surface area contributed by atoms with Gasteiger partial charge in [0, 0.05) is 23.5 Å². The van der Waals surface area contributed by atoms with Crippen molar-refractivity contribution in [2.45, 2.75) is 0 Å². The molecule has 3 rings (SSSR count). The van der Waals surface area contributed by atoms with E-state index in [-0.39, 0.29) is 5.69 Å². The molecule has 0 amide bonds. The van der Waals surface area contributed by atoms with Crippen LogP contribution in [-0.4, -0.2) is 22.8 Å². The molecule has 0 saturated carbocycles. The number of nitrogens with zero attached hydrogens (tertiary/aromatic N) is 1. The van der Waals surface area contributed by atoms with Crippen molar-refractivity contribution >= 4 is 16.9 Å². The number of rotatable bonds is 3. The molecular formula is C17H15NO3. The Balaban J connectivity index is 2.21. The van der Waals surface area contributed by atoms with E-state index in [0.29, 0.717) is 0 Å². The average Bonchev–Trinajstić information content (AvgIpc) is 2.84. The van der Waals surface area contributed by atoms with Gasteiger partial charge in [-0.2, -0.15) is 0 Å². The summed E-state index contributed by atoms with van der Waals surface area (Å²) in [5, 5.41) is 10.1. The molecule has 1 aromatic heterocycles. The minimum Gasteiger partial charge on any atom is -0.496 e. The first-order valence-electron chi connectivity index (χ1n) is 6.58. The van der Waals surface area contributed by atoms with E-state index in [9.17, 15) is 9.90 Å². The average molecular weight is 281 g/mol. The fraction of sp³-hybridized carbons (Fsp3) is 0.118. The molecule has 4 nitrogen and oxygen atoms in total. The molecule has 0 bridgehead atoms. The van der Waals surface area contributed by atoms with Gasteiger partial charge in [0.15, 0.2) is 0 Å². The van der Waals surface area contributed by atoms with Crippen molar-refractivity contribution in [2.75, 3.05) is 7.11 Å². The first kappa shape index (κ1) is 13.2. The van der Waals surface area contributed by atoms with Gasteiger partial charge in [0.25, 0.3) is 0 Å². The standard InChI is InChI=1S/C17H15NO3/c1-18-14-9-11(13-5-3-4-6-16(13)21-2)7-8-12(14)10-15(18)17(19)20/h3-10H,1-2H3,(H,19,20). The molecule has 0 aliphatic heterocycles. The second-order valence-electron chi connectivity index (χ2n) is 4.87. The summed E-state index contributed by atoms with van der Waals surface area (Å²) in [6.45, 7) is 0. The van der Waals surface area contributed by atoms with Gasteiger partial charge in [0.1, 0.15) is 11.4 Å². The number of carbonyl (C=O) groups is 1. The monoisotopic (exact) mass is 281 g/mol. The lowest BCUT2D eigenvalue weighted by Crippen LogP contribution is -2.03. The van der Waals surface area contributed by atoms with Crippen LogP contribution in [0.15, 0.2) is 48.5 Å². The summed E-state index contributed by atoms with van der Waals surface area (Å²) in [5.74, 6) is -0.128. The van der Waals surface area contributed by atoms with Crippen LogP contribution in [0.4, 0.5) is 0 Å². The maximum atomic E-state index is 11.2. The van der Waals surface area contributed by atoms with Crippen LogP contribution in [0.2, 0.25) is 0 Å². The molecule has 106 valence electrons. The van der Waals surface area contributed by atoms with Crippen LogP contribution >= 0.6 is 0 Å². The van der Waals surface area contributed by atoms with E-state index in [4.69, 9.17) is 4.74 Å². The lowest BCUT2D eigenvalue weighted by molar-refractivity contribution is 0.0687. The quantitative estimate of drug-likeness (QED) is 0.798. The normalized spacial score (nSPS) is 10.8. The van der Waals surface area contributed by atoms with Crippen LogP contribution in [-0.2, 0) is 7.05 Å². The van der Waals surface area contributed by atoms with E-state index in [1.54, 1.807) is 24.8 Å². The summed E-state index contributed by atoms with van der Waals surface area (Å²) < 4.78 is 7.08. The van der Waals surface area contributed by atoms with Crippen LogP contribution < -0.4 is 4.74 Å². The number of carboxylic acids is 1. The van der Waals surface area contributed by atoms with Gasteiger partial charge < -0.3 is 14.4 Å². The number of aryl methyl sites for hydroxylation is 1. The van der Waals surface area contributed by atoms with Gasteiger partial charge in [-0.3, -0.25) is 0 Å². The molecule has 2 aromatic carbocycles. The number of fused-ring (bicyclic) bond motifs is 1. The summed E-state index contributed by atoms with van der Waals surface area (Å²) in [7, 11) is 3.40. The first-order chi connectivity index (χ1) is 10.1. The molecule has 3 aromatic rings. The maximum absolute atomic E-state index is 11.2. The summed E-state index contributed by atoms with van der Waals surface area (Å²) in [6, 6.07) is 15.4. The molecule has 21 heavy (non-hydrogen) atoms. The molecular weight excluding hydrogens is 266 g/mol. The summed E-state index contributed by atoms with van der Waals surface area (Å²) >= 11 is 0. The molecule has 0 saturated heterocycles. The number of benzene rings is 2. The third kappa shape index (κ3) is 2.14. The van der Waals surface area contributed by atoms with Gasteiger partial charge in [-0.25, -0.2) is 4.79 Å². The Morgan fingerprint density at radius 2 is 1.90 bits per heavy atom. The predicted octanol–water partition coefficient (Wildman–Crippen LogP) is 3.55. The van der Waals surface area contributed by atoms with Crippen molar-refractivity contribution in [1.29, 1.82) is 0 Å². The fourth-order valence-corrected chi connectivity index (χ4v) is 2.59. The number of para-hydroxylation sites is 1. The van der Waals surface area contributed by atoms with E-state index in [2.05, 4.69) is 0 Å². The Bertz CT molecular complexity index is 833. The molecule has 0 unspecified atom stereocenters. The lowest BCUT2D eigenvalue weighted by Gasteiger charge is -2.09. The Kier molecular flexibility index (Phi) is 3.14. The second kappa shape index (κ2) is 4.98. The van der Waals surface area contributed by atoms with Crippen LogP contribution in [0.3, 0.4) is 0 Å². The van der Waals surface area contributed by atoms with Crippen LogP contribution in [0.25, 0.3) is 22.0 Å². The number of carboxylic acid groups (broad SMARTS) is 1. The highest BCUT2D eigenvalue weighted by Crippen LogP contribution is 2.32. The van der Waals surface area contributed by atoms with Crippen molar-refractivity contribution in [3.63, 3.8) is 0 Å². The van der Waals surface area contributed by atoms with E-state index in [0.717, 1.165) is 27.8 Å². The highest BCUT2D eigenvalue weighted by atomic mass is 16.5. The third-order valence-corrected chi connectivity index (χ3v) is 3.68. The van der Waals surface area contributed by atoms with Crippen LogP contribution in [0.5, 0.6) is 5.75 Å². The van der Waals surface area contributed by atoms with Crippen molar-refractivity contribution in [3.8, 4) is 16.9 Å². The third-order valence-electron chi connectivity index (χ3n) is 3.68. The smallest absolute Gasteiger partial charge is 0.352 e. The van der Waals surface area contributed by atoms with E-state index in [1.807, 2.05) is 42.5 Å². The Morgan fingerprint density at radius 3 is 2.62 bits per heavy atom. The zero-order valence-electron chi connectivity index (χ0n) is 11.8. The van der Waals surface area contributed by atoms with Crippen molar-refractivity contribution in [1.82, 2.24) is 4.57 Å².